The van der Waals surface area contributed by atoms with Crippen LogP contribution in [-0.2, 0) is 37.5 Å². The molecule has 1 aromatic heterocycles. The van der Waals surface area contributed by atoms with Crippen molar-refractivity contribution in [3.8, 4) is 6.01 Å². The largest absolute Gasteiger partial charge is 0.467 e. The molecule has 1 heterocycles. The number of hydrogen-bond donors (Lipinski definition) is 5. The van der Waals surface area contributed by atoms with Crippen molar-refractivity contribution in [2.45, 2.75) is 55.9 Å². The normalized spacial score (nSPS) is 14.9. The number of benzene rings is 3. The monoisotopic (exact) mass is 780 g/mol. The van der Waals surface area contributed by atoms with Crippen molar-refractivity contribution in [2.75, 3.05) is 30.9 Å². The first-order valence-electron chi connectivity index (χ1n) is 17.2. The van der Waals surface area contributed by atoms with E-state index in [1.807, 2.05) is 36.4 Å². The minimum atomic E-state index is -4.63. The molecule has 0 saturated heterocycles. The van der Waals surface area contributed by atoms with Gasteiger partial charge in [0.25, 0.3) is 5.91 Å². The Morgan fingerprint density at radius 3 is 2.16 bits per heavy atom. The average molecular weight is 781 g/mol. The van der Waals surface area contributed by atoms with Crippen molar-refractivity contribution in [1.82, 2.24) is 30.9 Å². The van der Waals surface area contributed by atoms with E-state index in [2.05, 4.69) is 41.5 Å². The number of carbonyl (C=O) groups excluding carboxylic acids is 4. The summed E-state index contributed by atoms with van der Waals surface area (Å²) in [4.78, 5) is 62.9. The number of fused-ring (bicyclic) bond motifs is 1. The topological polar surface area (TPSA) is 186 Å². The summed E-state index contributed by atoms with van der Waals surface area (Å²) < 4.78 is 48.5. The Hall–Kier alpha value is -5.97. The van der Waals surface area contributed by atoms with Gasteiger partial charge in [-0.1, -0.05) is 48.0 Å². The Labute approximate surface area is 318 Å². The maximum atomic E-state index is 13.1. The Bertz CT molecular complexity index is 2020. The molecule has 3 aromatic carbocycles. The predicted molar refractivity (Wildman–Crippen MR) is 194 cm³/mol. The minimum Gasteiger partial charge on any atom is -0.467 e. The van der Waals surface area contributed by atoms with E-state index in [-0.39, 0.29) is 36.5 Å². The van der Waals surface area contributed by atoms with E-state index in [0.717, 1.165) is 23.8 Å². The summed E-state index contributed by atoms with van der Waals surface area (Å²) in [6.45, 7) is -1.73. The molecule has 0 radical (unpaired) electrons. The van der Waals surface area contributed by atoms with Crippen molar-refractivity contribution >= 4 is 52.9 Å². The maximum absolute atomic E-state index is 13.1. The van der Waals surface area contributed by atoms with Gasteiger partial charge in [0.15, 0.2) is 6.61 Å². The van der Waals surface area contributed by atoms with Gasteiger partial charge in [-0.3, -0.25) is 14.4 Å². The number of nitrogens with one attached hydrogen (secondary N) is 5. The van der Waals surface area contributed by atoms with Crippen LogP contribution in [0.25, 0.3) is 0 Å². The van der Waals surface area contributed by atoms with Crippen molar-refractivity contribution in [3.63, 3.8) is 0 Å². The third kappa shape index (κ3) is 10.4. The zero-order valence-corrected chi connectivity index (χ0v) is 30.1. The molecule has 2 aliphatic rings. The molecule has 0 bridgehead atoms. The first-order valence-corrected chi connectivity index (χ1v) is 17.6. The number of nitrogens with zero attached hydrogens (tertiary/aromatic N) is 3. The molecule has 5 N–H and O–H groups in total. The van der Waals surface area contributed by atoms with E-state index in [4.69, 9.17) is 21.1 Å². The molecule has 6 rings (SSSR count). The predicted octanol–water partition coefficient (Wildman–Crippen LogP) is 4.37. The first kappa shape index (κ1) is 38.7. The lowest BCUT2D eigenvalue weighted by atomic mass is 10.1. The number of rotatable bonds is 14. The number of amides is 3. The molecule has 4 aromatic rings. The fourth-order valence-electron chi connectivity index (χ4n) is 6.06. The van der Waals surface area contributed by atoms with Gasteiger partial charge in [0, 0.05) is 28.9 Å². The van der Waals surface area contributed by atoms with Gasteiger partial charge < -0.3 is 36.1 Å². The van der Waals surface area contributed by atoms with Crippen LogP contribution in [0.4, 0.5) is 30.8 Å². The molecule has 1 saturated carbocycles. The molecule has 288 valence electrons. The number of alkyl halides is 3. The summed E-state index contributed by atoms with van der Waals surface area (Å²) in [5.41, 5.74) is 3.08. The van der Waals surface area contributed by atoms with Crippen molar-refractivity contribution in [3.05, 3.63) is 100 Å². The maximum Gasteiger partial charge on any atom is 0.422 e. The Morgan fingerprint density at radius 1 is 0.891 bits per heavy atom. The number of methoxy groups -OCH3 is 1. The molecule has 1 fully saturated rings. The Kier molecular flexibility index (Phi) is 11.7. The van der Waals surface area contributed by atoms with Gasteiger partial charge in [0.05, 0.1) is 12.6 Å². The third-order valence-corrected chi connectivity index (χ3v) is 9.23. The van der Waals surface area contributed by atoms with Crippen LogP contribution in [0.3, 0.4) is 0 Å². The molecule has 3 amide bonds. The highest BCUT2D eigenvalue weighted by molar-refractivity contribution is 6.35. The van der Waals surface area contributed by atoms with Gasteiger partial charge in [-0.05, 0) is 85.2 Å². The highest BCUT2D eigenvalue weighted by Gasteiger charge is 2.45. The molecule has 0 unspecified atom stereocenters. The second-order valence-corrected chi connectivity index (χ2v) is 13.5. The van der Waals surface area contributed by atoms with E-state index in [1.54, 1.807) is 12.1 Å². The SMILES string of the molecule is COC(=O)[C@H](CCNC(=O)C(=O)NC1Cc2ccccc2C1)NC(=O)c1ccc(Nc2nc(NC3(c4ccc(Cl)cc4)CC3)nc(OCC(F)(F)F)n2)cc1. The van der Waals surface area contributed by atoms with E-state index >= 15 is 0 Å². The summed E-state index contributed by atoms with van der Waals surface area (Å²) in [6.07, 6.45) is -2.04. The van der Waals surface area contributed by atoms with Crippen LogP contribution in [0.1, 0.15) is 46.3 Å². The summed E-state index contributed by atoms with van der Waals surface area (Å²) in [5.74, 6) is -3.23. The van der Waals surface area contributed by atoms with Gasteiger partial charge in [-0.15, -0.1) is 0 Å². The van der Waals surface area contributed by atoms with Crippen LogP contribution in [0.5, 0.6) is 6.01 Å². The summed E-state index contributed by atoms with van der Waals surface area (Å²) in [5, 5.41) is 14.4. The van der Waals surface area contributed by atoms with Crippen LogP contribution < -0.4 is 31.3 Å². The Balaban J connectivity index is 1.05. The zero-order chi connectivity index (χ0) is 39.2. The smallest absolute Gasteiger partial charge is 0.422 e. The molecule has 55 heavy (non-hydrogen) atoms. The van der Waals surface area contributed by atoms with Gasteiger partial charge in [-0.25, -0.2) is 4.79 Å². The molecule has 18 heteroatoms. The van der Waals surface area contributed by atoms with E-state index in [9.17, 15) is 32.3 Å². The molecule has 1 atom stereocenters. The molecule has 2 aliphatic carbocycles. The third-order valence-electron chi connectivity index (χ3n) is 8.98. The van der Waals surface area contributed by atoms with Gasteiger partial charge in [0.2, 0.25) is 11.9 Å². The molecular weight excluding hydrogens is 745 g/mol. The highest BCUT2D eigenvalue weighted by atomic mass is 35.5. The first-order chi connectivity index (χ1) is 26.3. The lowest BCUT2D eigenvalue weighted by Gasteiger charge is -2.19. The second kappa shape index (κ2) is 16.6. The van der Waals surface area contributed by atoms with Crippen LogP contribution in [0, 0.1) is 0 Å². The fourth-order valence-corrected chi connectivity index (χ4v) is 6.19. The fraction of sp³-hybridized carbons (Fsp3) is 0.324. The van der Waals surface area contributed by atoms with Gasteiger partial charge in [0.1, 0.15) is 6.04 Å². The standard InChI is InChI=1S/C37H36ClF3N8O6/c1-54-32(53)28(14-17-42-30(51)31(52)43-27-18-22-4-2-3-5-23(22)19-27)45-29(50)21-6-12-26(13-7-21)44-33-46-34(48-35(47-33)55-20-37(39,40)41)49-36(15-16-36)24-8-10-25(38)11-9-24/h2-13,27-28H,14-20H2,1H3,(H,42,51)(H,43,52)(H,45,50)(H2,44,46,47,48,49)/t28-/m0/s1. The number of anilines is 3. The number of esters is 1. The Morgan fingerprint density at radius 2 is 1.55 bits per heavy atom. The quantitative estimate of drug-likeness (QED) is 0.0904. The van der Waals surface area contributed by atoms with Crippen molar-refractivity contribution in [2.24, 2.45) is 0 Å². The van der Waals surface area contributed by atoms with Crippen molar-refractivity contribution in [1.29, 1.82) is 0 Å². The zero-order valence-electron chi connectivity index (χ0n) is 29.3. The lowest BCUT2D eigenvalue weighted by Crippen LogP contribution is -2.47. The number of halogens is 4. The summed E-state index contributed by atoms with van der Waals surface area (Å²) in [7, 11) is 1.15. The van der Waals surface area contributed by atoms with Gasteiger partial charge in [-0.2, -0.15) is 28.1 Å². The molecule has 0 spiro atoms. The summed E-state index contributed by atoms with van der Waals surface area (Å²) >= 11 is 6.03. The minimum absolute atomic E-state index is 0.0245. The number of ether oxygens (including phenoxy) is 2. The van der Waals surface area contributed by atoms with Gasteiger partial charge >= 0.3 is 30.0 Å². The average Bonchev–Trinajstić information content (AvgIpc) is 3.82. The molecular formula is C37H36ClF3N8O6. The lowest BCUT2D eigenvalue weighted by molar-refractivity contribution is -0.154. The number of carbonyl (C=O) groups is 4. The van der Waals surface area contributed by atoms with E-state index < -0.39 is 54.1 Å². The highest BCUT2D eigenvalue weighted by Crippen LogP contribution is 2.48. The number of hydrogen-bond acceptors (Lipinski definition) is 11. The number of aromatic nitrogens is 3. The van der Waals surface area contributed by atoms with Crippen LogP contribution in [0.15, 0.2) is 72.8 Å². The van der Waals surface area contributed by atoms with Crippen LogP contribution in [0.2, 0.25) is 5.02 Å². The van der Waals surface area contributed by atoms with E-state index in [1.165, 1.54) is 24.3 Å². The summed E-state index contributed by atoms with van der Waals surface area (Å²) in [6, 6.07) is 18.9. The molecule has 0 aliphatic heterocycles. The second-order valence-electron chi connectivity index (χ2n) is 13.0. The van der Waals surface area contributed by atoms with Crippen LogP contribution >= 0.6 is 11.6 Å². The van der Waals surface area contributed by atoms with Crippen molar-refractivity contribution < 1.29 is 41.8 Å². The van der Waals surface area contributed by atoms with E-state index in [0.29, 0.717) is 36.4 Å². The molecule has 14 nitrogen and oxygen atoms in total. The van der Waals surface area contributed by atoms with Crippen LogP contribution in [-0.4, -0.2) is 77.2 Å².